The van der Waals surface area contributed by atoms with Gasteiger partial charge in [-0.2, -0.15) is 0 Å². The molecule has 0 bridgehead atoms. The summed E-state index contributed by atoms with van der Waals surface area (Å²) in [4.78, 5) is 18.3. The first-order valence-corrected chi connectivity index (χ1v) is 12.6. The van der Waals surface area contributed by atoms with Gasteiger partial charge in [-0.05, 0) is 70.9 Å². The minimum Gasteiger partial charge on any atom is -0.295 e. The second-order valence-electron chi connectivity index (χ2n) is 10.3. The predicted molar refractivity (Wildman–Crippen MR) is 136 cm³/mol. The molecule has 0 spiro atoms. The van der Waals surface area contributed by atoms with Crippen molar-refractivity contribution in [1.82, 2.24) is 34.7 Å². The number of aromatic nitrogens is 7. The summed E-state index contributed by atoms with van der Waals surface area (Å²) < 4.78 is 3.95. The summed E-state index contributed by atoms with van der Waals surface area (Å²) in [5, 5.41) is 14.2. The van der Waals surface area contributed by atoms with Crippen LogP contribution in [0.25, 0.3) is 22.5 Å². The van der Waals surface area contributed by atoms with Crippen LogP contribution in [0, 0.1) is 5.41 Å². The highest BCUT2D eigenvalue weighted by Crippen LogP contribution is 2.45. The molecule has 0 saturated heterocycles. The smallest absolute Gasteiger partial charge is 0.295 e. The van der Waals surface area contributed by atoms with E-state index in [1.807, 2.05) is 33.5 Å². The number of unbranched alkanes of at least 4 members (excludes halogenated alkanes) is 1. The maximum Gasteiger partial charge on any atom is 0.328 e. The number of pyridine rings is 1. The van der Waals surface area contributed by atoms with Gasteiger partial charge in [0.25, 0.3) is 0 Å². The van der Waals surface area contributed by atoms with E-state index in [1.54, 1.807) is 0 Å². The van der Waals surface area contributed by atoms with Crippen molar-refractivity contribution in [1.29, 1.82) is 0 Å². The van der Waals surface area contributed by atoms with Crippen molar-refractivity contribution in [3.8, 4) is 22.5 Å². The van der Waals surface area contributed by atoms with Crippen LogP contribution < -0.4 is 5.69 Å². The molecule has 1 unspecified atom stereocenters. The number of imidazole rings is 1. The van der Waals surface area contributed by atoms with Gasteiger partial charge in [-0.3, -0.25) is 14.1 Å². The minimum atomic E-state index is 0.0862. The Morgan fingerprint density at radius 2 is 1.97 bits per heavy atom. The van der Waals surface area contributed by atoms with Gasteiger partial charge in [-0.1, -0.05) is 51.8 Å². The predicted octanol–water partition coefficient (Wildman–Crippen LogP) is 5.03. The molecule has 1 aliphatic carbocycles. The van der Waals surface area contributed by atoms with Crippen molar-refractivity contribution in [2.75, 3.05) is 0 Å². The Labute approximate surface area is 205 Å². The zero-order chi connectivity index (χ0) is 24.4. The molecule has 1 aromatic carbocycles. The number of tetrazole rings is 1. The van der Waals surface area contributed by atoms with E-state index in [2.05, 4.69) is 70.8 Å². The van der Waals surface area contributed by atoms with Crippen molar-refractivity contribution in [2.45, 2.75) is 71.9 Å². The maximum absolute atomic E-state index is 13.6. The van der Waals surface area contributed by atoms with Crippen molar-refractivity contribution in [3.05, 3.63) is 70.7 Å². The Morgan fingerprint density at radius 1 is 1.14 bits per heavy atom. The largest absolute Gasteiger partial charge is 0.328 e. The lowest BCUT2D eigenvalue weighted by molar-refractivity contribution is 0.254. The highest BCUT2D eigenvalue weighted by atomic mass is 16.1. The van der Waals surface area contributed by atoms with Gasteiger partial charge in [-0.15, -0.1) is 5.10 Å². The second kappa shape index (κ2) is 9.60. The molecule has 0 radical (unpaired) electrons. The summed E-state index contributed by atoms with van der Waals surface area (Å²) >= 11 is 0. The molecule has 8 nitrogen and oxygen atoms in total. The summed E-state index contributed by atoms with van der Waals surface area (Å²) in [5.74, 6) is 0.629. The number of hydrogen-bond donors (Lipinski definition) is 1. The summed E-state index contributed by atoms with van der Waals surface area (Å²) in [6.45, 7) is 7.23. The molecule has 35 heavy (non-hydrogen) atoms. The Kier molecular flexibility index (Phi) is 6.36. The van der Waals surface area contributed by atoms with E-state index in [1.165, 1.54) is 6.42 Å². The molecule has 0 amide bonds. The number of benzene rings is 1. The van der Waals surface area contributed by atoms with Crippen LogP contribution in [0.1, 0.15) is 70.3 Å². The third kappa shape index (κ3) is 4.70. The first-order valence-electron chi connectivity index (χ1n) is 12.6. The van der Waals surface area contributed by atoms with Gasteiger partial charge in [0.05, 0.1) is 12.2 Å². The average Bonchev–Trinajstić information content (AvgIpc) is 3.59. The molecule has 1 saturated carbocycles. The molecule has 5 rings (SSSR count). The summed E-state index contributed by atoms with van der Waals surface area (Å²) in [6, 6.07) is 12.4. The van der Waals surface area contributed by atoms with E-state index >= 15 is 0 Å². The number of nitrogens with zero attached hydrogens (tertiary/aromatic N) is 6. The van der Waals surface area contributed by atoms with Gasteiger partial charge >= 0.3 is 5.69 Å². The van der Waals surface area contributed by atoms with E-state index in [4.69, 9.17) is 0 Å². The molecule has 1 fully saturated rings. The first-order chi connectivity index (χ1) is 17.0. The number of nitrogens with one attached hydrogen (secondary N) is 1. The minimum absolute atomic E-state index is 0.0862. The van der Waals surface area contributed by atoms with E-state index in [0.29, 0.717) is 12.4 Å². The number of rotatable bonds is 8. The number of aryl methyl sites for hydroxylation is 1. The molecule has 182 valence electrons. The quantitative estimate of drug-likeness (QED) is 0.389. The molecular formula is C27H33N7O. The zero-order valence-electron chi connectivity index (χ0n) is 20.7. The van der Waals surface area contributed by atoms with Crippen LogP contribution >= 0.6 is 0 Å². The van der Waals surface area contributed by atoms with Gasteiger partial charge in [0, 0.05) is 29.7 Å². The molecule has 0 aliphatic heterocycles. The normalized spacial score (nSPS) is 17.2. The van der Waals surface area contributed by atoms with E-state index < -0.39 is 0 Å². The Bertz CT molecular complexity index is 1350. The SMILES string of the molecule is CCCCc1cn(C2CCCC2(C)C)c(=O)n1Cc1cc(-c2cccc(-c3nnn[nH]3)c2)ccn1. The third-order valence-corrected chi connectivity index (χ3v) is 7.36. The molecular weight excluding hydrogens is 438 g/mol. The first kappa shape index (κ1) is 23.2. The summed E-state index contributed by atoms with van der Waals surface area (Å²) in [5.41, 5.74) is 5.21. The van der Waals surface area contributed by atoms with Gasteiger partial charge < -0.3 is 0 Å². The van der Waals surface area contributed by atoms with Crippen LogP contribution in [0.4, 0.5) is 0 Å². The Morgan fingerprint density at radius 3 is 2.71 bits per heavy atom. The van der Waals surface area contributed by atoms with Crippen molar-refractivity contribution in [3.63, 3.8) is 0 Å². The van der Waals surface area contributed by atoms with E-state index in [0.717, 1.165) is 60.2 Å². The molecule has 1 N–H and O–H groups in total. The molecule has 3 heterocycles. The van der Waals surface area contributed by atoms with Crippen molar-refractivity contribution < 1.29 is 0 Å². The standard InChI is InChI=1S/C27H33N7O/c1-4-5-10-23-18-34(24-11-7-13-27(24,2)3)26(35)33(23)17-22-16-20(12-14-28-22)19-8-6-9-21(15-19)25-29-31-32-30-25/h6,8-9,12,14-16,18,24H,4-5,7,10-11,13,17H2,1-3H3,(H,29,30,31,32). The summed E-state index contributed by atoms with van der Waals surface area (Å²) in [6.07, 6.45) is 10.4. The van der Waals surface area contributed by atoms with Crippen LogP contribution in [-0.2, 0) is 13.0 Å². The fourth-order valence-electron chi connectivity index (χ4n) is 5.36. The van der Waals surface area contributed by atoms with Gasteiger partial charge in [0.1, 0.15) is 0 Å². The zero-order valence-corrected chi connectivity index (χ0v) is 20.7. The second-order valence-corrected chi connectivity index (χ2v) is 10.3. The molecule has 3 aromatic heterocycles. The molecule has 1 atom stereocenters. The fraction of sp³-hybridized carbons (Fsp3) is 0.444. The van der Waals surface area contributed by atoms with Crippen LogP contribution in [0.5, 0.6) is 0 Å². The topological polar surface area (TPSA) is 94.3 Å². The number of aromatic amines is 1. The molecule has 1 aliphatic rings. The lowest BCUT2D eigenvalue weighted by atomic mass is 9.87. The van der Waals surface area contributed by atoms with E-state index in [9.17, 15) is 4.79 Å². The lowest BCUT2D eigenvalue weighted by Gasteiger charge is -2.27. The maximum atomic E-state index is 13.6. The number of H-pyrrole nitrogens is 1. The van der Waals surface area contributed by atoms with Gasteiger partial charge in [0.15, 0.2) is 5.82 Å². The lowest BCUT2D eigenvalue weighted by Crippen LogP contribution is -2.32. The monoisotopic (exact) mass is 471 g/mol. The average molecular weight is 472 g/mol. The van der Waals surface area contributed by atoms with Crippen LogP contribution in [0.2, 0.25) is 0 Å². The molecule has 4 aromatic rings. The third-order valence-electron chi connectivity index (χ3n) is 7.36. The van der Waals surface area contributed by atoms with Crippen LogP contribution in [0.15, 0.2) is 53.6 Å². The van der Waals surface area contributed by atoms with Crippen molar-refractivity contribution in [2.24, 2.45) is 5.41 Å². The molecule has 8 heteroatoms. The number of hydrogen-bond acceptors (Lipinski definition) is 5. The van der Waals surface area contributed by atoms with Crippen molar-refractivity contribution >= 4 is 0 Å². The van der Waals surface area contributed by atoms with Gasteiger partial charge in [0.2, 0.25) is 0 Å². The fourth-order valence-corrected chi connectivity index (χ4v) is 5.36. The highest BCUT2D eigenvalue weighted by Gasteiger charge is 2.37. The summed E-state index contributed by atoms with van der Waals surface area (Å²) in [7, 11) is 0. The van der Waals surface area contributed by atoms with E-state index in [-0.39, 0.29) is 17.1 Å². The van der Waals surface area contributed by atoms with Gasteiger partial charge in [-0.25, -0.2) is 9.89 Å². The Hall–Kier alpha value is -3.55. The highest BCUT2D eigenvalue weighted by molar-refractivity contribution is 5.70. The van der Waals surface area contributed by atoms with Crippen LogP contribution in [0.3, 0.4) is 0 Å². The van der Waals surface area contributed by atoms with Crippen LogP contribution in [-0.4, -0.2) is 34.7 Å². The Balaban J connectivity index is 1.47.